The third-order valence-electron chi connectivity index (χ3n) is 5.58. The van der Waals surface area contributed by atoms with Crippen molar-refractivity contribution < 1.29 is 24.4 Å². The van der Waals surface area contributed by atoms with Gasteiger partial charge in [-0.25, -0.2) is 0 Å². The molecular weight excluding hydrogens is 421 g/mol. The van der Waals surface area contributed by atoms with Crippen molar-refractivity contribution in [3.05, 3.63) is 23.5 Å². The van der Waals surface area contributed by atoms with E-state index in [0.717, 1.165) is 19.3 Å². The van der Waals surface area contributed by atoms with Crippen LogP contribution in [0.15, 0.2) is 12.1 Å². The fourth-order valence-corrected chi connectivity index (χ4v) is 3.70. The van der Waals surface area contributed by atoms with Crippen molar-refractivity contribution in [2.24, 2.45) is 5.92 Å². The van der Waals surface area contributed by atoms with E-state index in [1.54, 1.807) is 6.07 Å². The van der Waals surface area contributed by atoms with Crippen LogP contribution in [0.2, 0.25) is 0 Å². The van der Waals surface area contributed by atoms with Crippen LogP contribution >= 0.6 is 0 Å². The monoisotopic (exact) mass is 463 g/mol. The van der Waals surface area contributed by atoms with Crippen LogP contribution in [0.4, 0.5) is 0 Å². The molecule has 1 unspecified atom stereocenters. The summed E-state index contributed by atoms with van der Waals surface area (Å²) in [4.78, 5) is 39.5. The molecule has 2 amide bonds. The smallest absolute Gasteiger partial charge is 0.426 e. The molecule has 1 aromatic heterocycles. The van der Waals surface area contributed by atoms with Gasteiger partial charge in [-0.3, -0.25) is 14.4 Å². The van der Waals surface area contributed by atoms with Crippen molar-refractivity contribution in [2.75, 3.05) is 6.54 Å². The maximum Gasteiger partial charge on any atom is 0.475 e. The summed E-state index contributed by atoms with van der Waals surface area (Å²) in [6, 6.07) is 3.11. The third-order valence-corrected chi connectivity index (χ3v) is 5.58. The van der Waals surface area contributed by atoms with Gasteiger partial charge in [0.05, 0.1) is 18.2 Å². The molecule has 1 aromatic rings. The highest BCUT2D eigenvalue weighted by atomic mass is 16.4. The largest absolute Gasteiger partial charge is 0.475 e. The molecule has 0 saturated heterocycles. The maximum atomic E-state index is 12.4. The molecule has 0 aliphatic rings. The summed E-state index contributed by atoms with van der Waals surface area (Å²) < 4.78 is 0. The minimum Gasteiger partial charge on any atom is -0.426 e. The van der Waals surface area contributed by atoms with Crippen molar-refractivity contribution in [1.82, 2.24) is 15.6 Å². The Bertz CT molecular complexity index is 721. The fourth-order valence-electron chi connectivity index (χ4n) is 3.70. The van der Waals surface area contributed by atoms with E-state index in [0.29, 0.717) is 18.5 Å². The normalized spacial score (nSPS) is 11.9. The van der Waals surface area contributed by atoms with Crippen LogP contribution in [0.5, 0.6) is 0 Å². The van der Waals surface area contributed by atoms with Crippen LogP contribution in [-0.2, 0) is 4.79 Å². The Kier molecular flexibility index (Phi) is 14.4. The molecule has 9 heteroatoms. The van der Waals surface area contributed by atoms with Gasteiger partial charge in [0.15, 0.2) is 5.78 Å². The quantitative estimate of drug-likeness (QED) is 0.129. The number of carbonyl (C=O) groups is 3. The van der Waals surface area contributed by atoms with Gasteiger partial charge in [-0.1, -0.05) is 72.1 Å². The first kappa shape index (κ1) is 28.9. The van der Waals surface area contributed by atoms with Gasteiger partial charge in [0, 0.05) is 6.42 Å². The lowest BCUT2D eigenvalue weighted by Gasteiger charge is -2.19. The second-order valence-electron chi connectivity index (χ2n) is 9.19. The highest BCUT2D eigenvalue weighted by Gasteiger charge is 2.26. The summed E-state index contributed by atoms with van der Waals surface area (Å²) in [5, 5.41) is 23.7. The molecule has 1 atom stereocenters. The first-order valence-corrected chi connectivity index (χ1v) is 12.4. The Morgan fingerprint density at radius 2 is 1.52 bits per heavy atom. The van der Waals surface area contributed by atoms with Gasteiger partial charge in [0.2, 0.25) is 5.91 Å². The zero-order chi connectivity index (χ0) is 24.6. The summed E-state index contributed by atoms with van der Waals surface area (Å²) in [6.07, 6.45) is 11.5. The molecular formula is C24H42BN3O5. The van der Waals surface area contributed by atoms with Gasteiger partial charge in [-0.15, -0.1) is 0 Å². The summed E-state index contributed by atoms with van der Waals surface area (Å²) in [6.45, 7) is 5.72. The number of rotatable bonds is 18. The molecule has 0 aliphatic carbocycles. The Morgan fingerprint density at radius 1 is 0.939 bits per heavy atom. The number of carbonyl (C=O) groups excluding carboxylic acids is 3. The topological polar surface area (TPSA) is 132 Å². The number of hydrogen-bond acceptors (Lipinski definition) is 5. The number of amides is 2. The summed E-state index contributed by atoms with van der Waals surface area (Å²) >= 11 is 0. The van der Waals surface area contributed by atoms with E-state index in [-0.39, 0.29) is 23.9 Å². The summed E-state index contributed by atoms with van der Waals surface area (Å²) in [5.74, 6) is -1.68. The molecule has 0 aliphatic heterocycles. The number of unbranched alkanes of at least 4 members (excludes halogenated alkanes) is 8. The van der Waals surface area contributed by atoms with E-state index in [4.69, 9.17) is 0 Å². The standard InChI is InChI=1S/C24H42BN3O5/c1-4-5-6-7-8-9-10-11-12-13-21(29)19-14-15-20(27-19)24(31)26-17-23(30)28-22(25(32)33)16-18(2)3/h14-15,18,22,27,32-33H,4-13,16-17H2,1-3H3,(H,26,31)(H,28,30). The number of aromatic amines is 1. The number of H-pyrrole nitrogens is 1. The number of hydrogen-bond donors (Lipinski definition) is 5. The molecule has 1 rings (SSSR count). The minimum atomic E-state index is -1.67. The van der Waals surface area contributed by atoms with E-state index in [1.807, 2.05) is 13.8 Å². The van der Waals surface area contributed by atoms with E-state index in [9.17, 15) is 24.4 Å². The molecule has 1 heterocycles. The highest BCUT2D eigenvalue weighted by molar-refractivity contribution is 6.43. The van der Waals surface area contributed by atoms with Gasteiger partial charge >= 0.3 is 7.12 Å². The van der Waals surface area contributed by atoms with Crippen LogP contribution in [-0.4, -0.2) is 52.2 Å². The average molecular weight is 463 g/mol. The lowest BCUT2D eigenvalue weighted by Crippen LogP contribution is -2.50. The zero-order valence-electron chi connectivity index (χ0n) is 20.5. The van der Waals surface area contributed by atoms with E-state index >= 15 is 0 Å². The fraction of sp³-hybridized carbons (Fsp3) is 0.708. The van der Waals surface area contributed by atoms with E-state index < -0.39 is 24.9 Å². The number of nitrogens with one attached hydrogen (secondary N) is 3. The van der Waals surface area contributed by atoms with Crippen LogP contribution in [0.25, 0.3) is 0 Å². The van der Waals surface area contributed by atoms with Crippen molar-refractivity contribution in [3.8, 4) is 0 Å². The van der Waals surface area contributed by atoms with Crippen LogP contribution in [0.3, 0.4) is 0 Å². The van der Waals surface area contributed by atoms with Crippen LogP contribution < -0.4 is 10.6 Å². The second kappa shape index (κ2) is 16.5. The summed E-state index contributed by atoms with van der Waals surface area (Å²) in [7, 11) is -1.67. The first-order chi connectivity index (χ1) is 15.7. The lowest BCUT2D eigenvalue weighted by molar-refractivity contribution is -0.120. The number of Topliss-reactive ketones (excluding diaryl/α,β-unsaturated/α-hetero) is 1. The first-order valence-electron chi connectivity index (χ1n) is 12.4. The SMILES string of the molecule is CCCCCCCCCCCC(=O)c1ccc(C(=O)NCC(=O)NC(CC(C)C)B(O)O)[nH]1. The van der Waals surface area contributed by atoms with Crippen molar-refractivity contribution in [1.29, 1.82) is 0 Å². The predicted molar refractivity (Wildman–Crippen MR) is 131 cm³/mol. The lowest BCUT2D eigenvalue weighted by atomic mass is 9.75. The predicted octanol–water partition coefficient (Wildman–Crippen LogP) is 3.39. The Hall–Kier alpha value is -2.13. The maximum absolute atomic E-state index is 12.4. The van der Waals surface area contributed by atoms with Gasteiger partial charge < -0.3 is 25.7 Å². The molecule has 0 spiro atoms. The zero-order valence-corrected chi connectivity index (χ0v) is 20.5. The van der Waals surface area contributed by atoms with Crippen LogP contribution in [0, 0.1) is 5.92 Å². The molecule has 0 radical (unpaired) electrons. The van der Waals surface area contributed by atoms with Gasteiger partial charge in [0.1, 0.15) is 5.69 Å². The van der Waals surface area contributed by atoms with Gasteiger partial charge in [-0.05, 0) is 30.9 Å². The molecule has 186 valence electrons. The molecule has 33 heavy (non-hydrogen) atoms. The van der Waals surface area contributed by atoms with Crippen molar-refractivity contribution in [3.63, 3.8) is 0 Å². The Balaban J connectivity index is 2.32. The van der Waals surface area contributed by atoms with Gasteiger partial charge in [0.25, 0.3) is 5.91 Å². The molecule has 8 nitrogen and oxygen atoms in total. The highest BCUT2D eigenvalue weighted by Crippen LogP contribution is 2.13. The second-order valence-corrected chi connectivity index (χ2v) is 9.19. The van der Waals surface area contributed by atoms with Crippen molar-refractivity contribution >= 4 is 24.7 Å². The van der Waals surface area contributed by atoms with E-state index in [1.165, 1.54) is 44.6 Å². The Morgan fingerprint density at radius 3 is 2.09 bits per heavy atom. The number of aromatic nitrogens is 1. The van der Waals surface area contributed by atoms with Crippen LogP contribution in [0.1, 0.15) is 112 Å². The third kappa shape index (κ3) is 12.6. The molecule has 5 N–H and O–H groups in total. The number of ketones is 1. The molecule has 0 aromatic carbocycles. The molecule has 0 bridgehead atoms. The van der Waals surface area contributed by atoms with Crippen molar-refractivity contribution in [2.45, 2.75) is 97.3 Å². The molecule has 0 fully saturated rings. The summed E-state index contributed by atoms with van der Waals surface area (Å²) in [5.41, 5.74) is 0.601. The van der Waals surface area contributed by atoms with E-state index in [2.05, 4.69) is 22.5 Å². The molecule has 0 saturated carbocycles. The average Bonchev–Trinajstić information content (AvgIpc) is 3.26. The Labute approximate surface area is 198 Å². The van der Waals surface area contributed by atoms with Gasteiger partial charge in [-0.2, -0.15) is 0 Å². The minimum absolute atomic E-state index is 0.0248.